The van der Waals surface area contributed by atoms with E-state index in [9.17, 15) is 14.0 Å². The molecule has 25 heavy (non-hydrogen) atoms. The molecular weight excluding hydrogens is 321 g/mol. The number of halogens is 1. The van der Waals surface area contributed by atoms with Gasteiger partial charge in [-0.2, -0.15) is 0 Å². The minimum atomic E-state index is -0.402. The van der Waals surface area contributed by atoms with E-state index in [0.717, 1.165) is 31.4 Å². The zero-order chi connectivity index (χ0) is 18.2. The van der Waals surface area contributed by atoms with Gasteiger partial charge in [0.2, 0.25) is 11.8 Å². The zero-order valence-corrected chi connectivity index (χ0v) is 14.9. The van der Waals surface area contributed by atoms with Gasteiger partial charge in [0.25, 0.3) is 0 Å². The van der Waals surface area contributed by atoms with Crippen LogP contribution in [0.3, 0.4) is 0 Å². The largest absolute Gasteiger partial charge is 0.325 e. The summed E-state index contributed by atoms with van der Waals surface area (Å²) >= 11 is 0. The summed E-state index contributed by atoms with van der Waals surface area (Å²) in [5, 5.41) is 2.64. The number of carbonyl (C=O) groups is 2. The van der Waals surface area contributed by atoms with Gasteiger partial charge in [0, 0.05) is 17.9 Å². The van der Waals surface area contributed by atoms with E-state index in [2.05, 4.69) is 11.4 Å². The summed E-state index contributed by atoms with van der Waals surface area (Å²) in [7, 11) is 1.73. The average molecular weight is 347 g/mol. The van der Waals surface area contributed by atoms with E-state index in [1.54, 1.807) is 18.0 Å². The third-order valence-corrected chi connectivity index (χ3v) is 4.04. The van der Waals surface area contributed by atoms with Crippen molar-refractivity contribution in [2.24, 2.45) is 0 Å². The minimum absolute atomic E-state index is 0.0102. The molecule has 0 fully saturated rings. The molecule has 0 heterocycles. The normalized spacial score (nSPS) is 13.7. The molecule has 0 aromatic heterocycles. The van der Waals surface area contributed by atoms with Crippen LogP contribution in [0.5, 0.6) is 0 Å². The summed E-state index contributed by atoms with van der Waals surface area (Å²) in [5.74, 6) is -0.666. The summed E-state index contributed by atoms with van der Waals surface area (Å²) in [5.41, 5.74) is 1.51. The number of carbonyl (C=O) groups excluding carboxylic acids is 2. The minimum Gasteiger partial charge on any atom is -0.325 e. The lowest BCUT2D eigenvalue weighted by molar-refractivity contribution is -0.130. The summed E-state index contributed by atoms with van der Waals surface area (Å²) < 4.78 is 13.1. The van der Waals surface area contributed by atoms with Crippen molar-refractivity contribution in [1.29, 1.82) is 0 Å². The molecule has 1 N–H and O–H groups in total. The second-order valence-corrected chi connectivity index (χ2v) is 6.36. The monoisotopic (exact) mass is 347 g/mol. The molecule has 1 aliphatic carbocycles. The van der Waals surface area contributed by atoms with Crippen molar-refractivity contribution in [3.05, 3.63) is 41.9 Å². The van der Waals surface area contributed by atoms with E-state index in [-0.39, 0.29) is 24.9 Å². The van der Waals surface area contributed by atoms with Gasteiger partial charge in [-0.3, -0.25) is 14.5 Å². The molecule has 2 rings (SSSR count). The Hall–Kier alpha value is -2.21. The molecule has 0 saturated heterocycles. The summed E-state index contributed by atoms with van der Waals surface area (Å²) in [6, 6.07) is 5.75. The summed E-state index contributed by atoms with van der Waals surface area (Å²) in [6.07, 6.45) is 6.08. The van der Waals surface area contributed by atoms with Crippen molar-refractivity contribution in [3.8, 4) is 0 Å². The standard InChI is InChI=1S/C19H26FN3O2/c1-3-11-23(17-9-4-5-10-17)19(25)14-22(2)13-18(24)21-16-8-6-7-15(20)12-16/h6-9,12H,3-5,10-11,13-14H2,1-2H3,(H,21,24). The number of rotatable bonds is 8. The lowest BCUT2D eigenvalue weighted by Gasteiger charge is -2.26. The lowest BCUT2D eigenvalue weighted by atomic mass is 10.2. The first-order valence-electron chi connectivity index (χ1n) is 8.73. The molecule has 0 radical (unpaired) electrons. The molecule has 0 spiro atoms. The van der Waals surface area contributed by atoms with Gasteiger partial charge in [-0.25, -0.2) is 4.39 Å². The number of nitrogens with zero attached hydrogens (tertiary/aromatic N) is 2. The van der Waals surface area contributed by atoms with Crippen LogP contribution >= 0.6 is 0 Å². The molecule has 5 nitrogen and oxygen atoms in total. The van der Waals surface area contributed by atoms with E-state index in [0.29, 0.717) is 12.2 Å². The highest BCUT2D eigenvalue weighted by Crippen LogP contribution is 2.22. The molecule has 6 heteroatoms. The van der Waals surface area contributed by atoms with Gasteiger partial charge in [-0.05, 0) is 50.9 Å². The van der Waals surface area contributed by atoms with Gasteiger partial charge in [-0.15, -0.1) is 0 Å². The van der Waals surface area contributed by atoms with Crippen molar-refractivity contribution < 1.29 is 14.0 Å². The molecule has 136 valence electrons. The van der Waals surface area contributed by atoms with Gasteiger partial charge in [0.15, 0.2) is 0 Å². The summed E-state index contributed by atoms with van der Waals surface area (Å²) in [4.78, 5) is 28.2. The van der Waals surface area contributed by atoms with Gasteiger partial charge in [0.1, 0.15) is 5.82 Å². The molecule has 0 aliphatic heterocycles. The Morgan fingerprint density at radius 2 is 2.08 bits per heavy atom. The number of likely N-dealkylation sites (N-methyl/N-ethyl adjacent to an activating group) is 1. The molecule has 2 amide bonds. The number of nitrogens with one attached hydrogen (secondary N) is 1. The SMILES string of the molecule is CCCN(C(=O)CN(C)CC(=O)Nc1cccc(F)c1)C1=CCCC1. The predicted molar refractivity (Wildman–Crippen MR) is 96.5 cm³/mol. The Morgan fingerprint density at radius 1 is 1.28 bits per heavy atom. The summed E-state index contributed by atoms with van der Waals surface area (Å²) in [6.45, 7) is 3.00. The van der Waals surface area contributed by atoms with E-state index in [1.807, 2.05) is 11.8 Å². The molecule has 1 aromatic rings. The highest BCUT2D eigenvalue weighted by atomic mass is 19.1. The Balaban J connectivity index is 1.86. The highest BCUT2D eigenvalue weighted by Gasteiger charge is 2.21. The first kappa shape index (κ1) is 19.1. The molecule has 0 saturated carbocycles. The Morgan fingerprint density at radius 3 is 2.72 bits per heavy atom. The van der Waals surface area contributed by atoms with Crippen molar-refractivity contribution >= 4 is 17.5 Å². The smallest absolute Gasteiger partial charge is 0.240 e. The predicted octanol–water partition coefficient (Wildman–Crippen LogP) is 3.00. The molecular formula is C19H26FN3O2. The van der Waals surface area contributed by atoms with Crippen LogP contribution < -0.4 is 5.32 Å². The van der Waals surface area contributed by atoms with Crippen LogP contribution in [-0.2, 0) is 9.59 Å². The Labute approximate surface area is 148 Å². The molecule has 0 unspecified atom stereocenters. The van der Waals surface area contributed by atoms with Gasteiger partial charge < -0.3 is 10.2 Å². The molecule has 1 aromatic carbocycles. The number of hydrogen-bond acceptors (Lipinski definition) is 3. The first-order valence-corrected chi connectivity index (χ1v) is 8.73. The number of hydrogen-bond donors (Lipinski definition) is 1. The number of amides is 2. The fraction of sp³-hybridized carbons (Fsp3) is 0.474. The third-order valence-electron chi connectivity index (χ3n) is 4.04. The van der Waals surface area contributed by atoms with E-state index in [4.69, 9.17) is 0 Å². The Kier molecular flexibility index (Phi) is 7.13. The van der Waals surface area contributed by atoms with Crippen LogP contribution in [0.2, 0.25) is 0 Å². The van der Waals surface area contributed by atoms with Crippen LogP contribution in [-0.4, -0.2) is 48.3 Å². The van der Waals surface area contributed by atoms with Crippen LogP contribution in [0.15, 0.2) is 36.0 Å². The van der Waals surface area contributed by atoms with E-state index < -0.39 is 5.82 Å². The quantitative estimate of drug-likeness (QED) is 0.786. The van der Waals surface area contributed by atoms with Crippen LogP contribution in [0.1, 0.15) is 32.6 Å². The molecule has 0 atom stereocenters. The lowest BCUT2D eigenvalue weighted by Crippen LogP contribution is -2.41. The highest BCUT2D eigenvalue weighted by molar-refractivity contribution is 5.92. The second-order valence-electron chi connectivity index (χ2n) is 6.36. The van der Waals surface area contributed by atoms with Crippen LogP contribution in [0.4, 0.5) is 10.1 Å². The number of anilines is 1. The van der Waals surface area contributed by atoms with Crippen molar-refractivity contribution in [1.82, 2.24) is 9.80 Å². The topological polar surface area (TPSA) is 52.7 Å². The van der Waals surface area contributed by atoms with Crippen molar-refractivity contribution in [3.63, 3.8) is 0 Å². The molecule has 0 bridgehead atoms. The van der Waals surface area contributed by atoms with Gasteiger partial charge >= 0.3 is 0 Å². The fourth-order valence-electron chi connectivity index (χ4n) is 2.94. The average Bonchev–Trinajstić information content (AvgIpc) is 3.06. The van der Waals surface area contributed by atoms with Gasteiger partial charge in [-0.1, -0.05) is 19.1 Å². The second kappa shape index (κ2) is 9.32. The number of benzene rings is 1. The zero-order valence-electron chi connectivity index (χ0n) is 14.9. The van der Waals surface area contributed by atoms with Crippen molar-refractivity contribution in [2.75, 3.05) is 32.0 Å². The Bertz CT molecular complexity index is 645. The molecule has 1 aliphatic rings. The van der Waals surface area contributed by atoms with Crippen molar-refractivity contribution in [2.45, 2.75) is 32.6 Å². The fourth-order valence-corrected chi connectivity index (χ4v) is 2.94. The maximum atomic E-state index is 13.1. The van der Waals surface area contributed by atoms with Crippen LogP contribution in [0, 0.1) is 5.82 Å². The van der Waals surface area contributed by atoms with E-state index >= 15 is 0 Å². The van der Waals surface area contributed by atoms with Crippen LogP contribution in [0.25, 0.3) is 0 Å². The van der Waals surface area contributed by atoms with Gasteiger partial charge in [0.05, 0.1) is 13.1 Å². The van der Waals surface area contributed by atoms with E-state index in [1.165, 1.54) is 18.2 Å². The third kappa shape index (κ3) is 5.98. The number of allylic oxidation sites excluding steroid dienone is 2. The first-order chi connectivity index (χ1) is 12.0. The maximum absolute atomic E-state index is 13.1. The maximum Gasteiger partial charge on any atom is 0.240 e.